The molecule has 0 aliphatic carbocycles. The predicted octanol–water partition coefficient (Wildman–Crippen LogP) is 0.723. The molecule has 0 saturated carbocycles. The minimum absolute atomic E-state index is 0.00980. The molecule has 1 N–H and O–H groups in total. The van der Waals surface area contributed by atoms with Crippen LogP contribution in [-0.4, -0.2) is 43.8 Å². The fourth-order valence-electron chi connectivity index (χ4n) is 3.76. The van der Waals surface area contributed by atoms with Crippen molar-refractivity contribution in [2.75, 3.05) is 13.2 Å². The number of hydrogen-bond donors (Lipinski definition) is 1. The highest BCUT2D eigenvalue weighted by Gasteiger charge is 2.21. The van der Waals surface area contributed by atoms with Gasteiger partial charge >= 0.3 is 5.69 Å². The van der Waals surface area contributed by atoms with E-state index in [1.54, 1.807) is 10.9 Å². The van der Waals surface area contributed by atoms with E-state index < -0.39 is 17.2 Å². The number of imidazole rings is 1. The summed E-state index contributed by atoms with van der Waals surface area (Å²) in [6.07, 6.45) is 3.41. The Morgan fingerprint density at radius 2 is 2.03 bits per heavy atom. The first-order valence-electron chi connectivity index (χ1n) is 10.2. The highest BCUT2D eigenvalue weighted by molar-refractivity contribution is 5.76. The smallest absolute Gasteiger partial charge is 0.333 e. The van der Waals surface area contributed by atoms with E-state index >= 15 is 0 Å². The van der Waals surface area contributed by atoms with Crippen LogP contribution in [0.25, 0.3) is 11.2 Å². The van der Waals surface area contributed by atoms with Crippen molar-refractivity contribution >= 4 is 17.1 Å². The highest BCUT2D eigenvalue weighted by Crippen LogP contribution is 2.11. The van der Waals surface area contributed by atoms with Crippen LogP contribution < -0.4 is 16.6 Å². The zero-order valence-corrected chi connectivity index (χ0v) is 16.9. The van der Waals surface area contributed by atoms with E-state index in [0.717, 1.165) is 23.0 Å². The fourth-order valence-corrected chi connectivity index (χ4v) is 3.76. The van der Waals surface area contributed by atoms with E-state index in [1.807, 2.05) is 37.3 Å². The van der Waals surface area contributed by atoms with Gasteiger partial charge in [-0.2, -0.15) is 0 Å². The molecular weight excluding hydrogens is 386 g/mol. The average molecular weight is 411 g/mol. The Bertz CT molecular complexity index is 1160. The Balaban J connectivity index is 1.70. The molecule has 0 spiro atoms. The summed E-state index contributed by atoms with van der Waals surface area (Å²) in [5, 5.41) is 2.77. The molecule has 0 bridgehead atoms. The summed E-state index contributed by atoms with van der Waals surface area (Å²) in [5.41, 5.74) is 0.488. The Kier molecular flexibility index (Phi) is 5.80. The summed E-state index contributed by atoms with van der Waals surface area (Å²) in [5.74, 6) is -0.391. The molecule has 4 rings (SSSR count). The molecule has 3 heterocycles. The quantitative estimate of drug-likeness (QED) is 0.618. The van der Waals surface area contributed by atoms with Crippen LogP contribution in [-0.2, 0) is 29.2 Å². The van der Waals surface area contributed by atoms with E-state index in [-0.39, 0.29) is 19.2 Å². The summed E-state index contributed by atoms with van der Waals surface area (Å²) in [6, 6.07) is 9.47. The minimum Gasteiger partial charge on any atom is -0.376 e. The molecule has 0 unspecified atom stereocenters. The van der Waals surface area contributed by atoms with E-state index in [4.69, 9.17) is 4.74 Å². The summed E-state index contributed by atoms with van der Waals surface area (Å²) in [7, 11) is 0. The second-order valence-electron chi connectivity index (χ2n) is 7.39. The van der Waals surface area contributed by atoms with Crippen molar-refractivity contribution in [3.05, 3.63) is 63.1 Å². The van der Waals surface area contributed by atoms with Crippen molar-refractivity contribution in [2.45, 2.75) is 45.5 Å². The lowest BCUT2D eigenvalue weighted by molar-refractivity contribution is -0.122. The molecule has 1 atom stereocenters. The lowest BCUT2D eigenvalue weighted by Gasteiger charge is -2.14. The monoisotopic (exact) mass is 411 g/mol. The van der Waals surface area contributed by atoms with E-state index in [0.29, 0.717) is 30.9 Å². The van der Waals surface area contributed by atoms with Gasteiger partial charge in [-0.15, -0.1) is 0 Å². The van der Waals surface area contributed by atoms with Gasteiger partial charge in [0.05, 0.1) is 19.0 Å². The molecule has 1 aliphatic rings. The summed E-state index contributed by atoms with van der Waals surface area (Å²) in [6.45, 7) is 3.41. The standard InChI is InChI=1S/C21H25N5O4/c1-2-24-14-23-19-18(24)20(28)26(13-17(27)22-11-16-9-6-10-30-16)21(29)25(19)12-15-7-4-3-5-8-15/h3-5,7-8,14,16H,2,6,9-13H2,1H3,(H,22,27)/t16-/m0/s1. The SMILES string of the molecule is CCn1cnc2c1c(=O)n(CC(=O)NC[C@@H]1CCCO1)c(=O)n2Cc1ccccc1. The number of carbonyl (C=O) groups excluding carboxylic acids is 1. The fraction of sp³-hybridized carbons (Fsp3) is 0.429. The number of aromatic nitrogens is 4. The van der Waals surface area contributed by atoms with Gasteiger partial charge in [-0.05, 0) is 25.3 Å². The number of fused-ring (bicyclic) bond motifs is 1. The lowest BCUT2D eigenvalue weighted by atomic mass is 10.2. The van der Waals surface area contributed by atoms with Crippen LogP contribution in [0.15, 0.2) is 46.2 Å². The normalized spacial score (nSPS) is 16.2. The number of nitrogens with one attached hydrogen (secondary N) is 1. The Labute approximate surface area is 172 Å². The largest absolute Gasteiger partial charge is 0.376 e. The molecule has 158 valence electrons. The molecule has 30 heavy (non-hydrogen) atoms. The van der Waals surface area contributed by atoms with Gasteiger partial charge in [0, 0.05) is 19.7 Å². The van der Waals surface area contributed by atoms with E-state index in [1.165, 1.54) is 4.57 Å². The predicted molar refractivity (Wildman–Crippen MR) is 111 cm³/mol. The van der Waals surface area contributed by atoms with E-state index in [2.05, 4.69) is 10.3 Å². The number of benzene rings is 1. The van der Waals surface area contributed by atoms with Crippen molar-refractivity contribution in [2.24, 2.45) is 0 Å². The maximum atomic E-state index is 13.2. The van der Waals surface area contributed by atoms with Crippen molar-refractivity contribution in [1.29, 1.82) is 0 Å². The third-order valence-corrected chi connectivity index (χ3v) is 5.36. The summed E-state index contributed by atoms with van der Waals surface area (Å²) >= 11 is 0. The van der Waals surface area contributed by atoms with Gasteiger partial charge in [0.1, 0.15) is 6.54 Å². The first-order valence-corrected chi connectivity index (χ1v) is 10.2. The Morgan fingerprint density at radius 1 is 1.23 bits per heavy atom. The zero-order valence-electron chi connectivity index (χ0n) is 16.9. The molecule has 2 aromatic heterocycles. The first-order chi connectivity index (χ1) is 14.6. The first kappa shape index (κ1) is 20.1. The minimum atomic E-state index is -0.551. The number of nitrogens with zero attached hydrogens (tertiary/aromatic N) is 4. The third-order valence-electron chi connectivity index (χ3n) is 5.36. The number of carbonyl (C=O) groups is 1. The molecule has 0 radical (unpaired) electrons. The number of hydrogen-bond acceptors (Lipinski definition) is 5. The molecule has 1 fully saturated rings. The van der Waals surface area contributed by atoms with Gasteiger partial charge < -0.3 is 14.6 Å². The van der Waals surface area contributed by atoms with Gasteiger partial charge in [-0.25, -0.2) is 14.3 Å². The molecule has 1 aliphatic heterocycles. The van der Waals surface area contributed by atoms with Crippen molar-refractivity contribution < 1.29 is 9.53 Å². The molecule has 9 heteroatoms. The van der Waals surface area contributed by atoms with Gasteiger partial charge in [0.2, 0.25) is 5.91 Å². The van der Waals surface area contributed by atoms with Crippen LogP contribution in [0.1, 0.15) is 25.3 Å². The third kappa shape index (κ3) is 3.93. The second-order valence-corrected chi connectivity index (χ2v) is 7.39. The maximum absolute atomic E-state index is 13.2. The van der Waals surface area contributed by atoms with Crippen LogP contribution in [0, 0.1) is 0 Å². The number of rotatable bonds is 7. The van der Waals surface area contributed by atoms with Crippen LogP contribution in [0.3, 0.4) is 0 Å². The molecule has 9 nitrogen and oxygen atoms in total. The van der Waals surface area contributed by atoms with Crippen molar-refractivity contribution in [3.63, 3.8) is 0 Å². The highest BCUT2D eigenvalue weighted by atomic mass is 16.5. The van der Waals surface area contributed by atoms with Crippen LogP contribution in [0.2, 0.25) is 0 Å². The molecule has 1 aromatic carbocycles. The number of ether oxygens (including phenoxy) is 1. The number of amides is 1. The Hall–Kier alpha value is -3.20. The number of aryl methyl sites for hydroxylation is 1. The molecule has 1 amide bonds. The summed E-state index contributed by atoms with van der Waals surface area (Å²) in [4.78, 5) is 43.0. The molecular formula is C21H25N5O4. The van der Waals surface area contributed by atoms with Gasteiger partial charge in [-0.1, -0.05) is 30.3 Å². The van der Waals surface area contributed by atoms with Gasteiger partial charge in [-0.3, -0.25) is 14.2 Å². The maximum Gasteiger partial charge on any atom is 0.333 e. The Morgan fingerprint density at radius 3 is 2.73 bits per heavy atom. The average Bonchev–Trinajstić information content (AvgIpc) is 3.43. The molecule has 3 aromatic rings. The van der Waals surface area contributed by atoms with Crippen molar-refractivity contribution in [1.82, 2.24) is 24.0 Å². The van der Waals surface area contributed by atoms with Crippen LogP contribution >= 0.6 is 0 Å². The van der Waals surface area contributed by atoms with Gasteiger partial charge in [0.15, 0.2) is 11.2 Å². The van der Waals surface area contributed by atoms with Gasteiger partial charge in [0.25, 0.3) is 5.56 Å². The van der Waals surface area contributed by atoms with Crippen LogP contribution in [0.4, 0.5) is 0 Å². The lowest BCUT2D eigenvalue weighted by Crippen LogP contribution is -2.45. The molecule has 1 saturated heterocycles. The topological polar surface area (TPSA) is 100 Å². The van der Waals surface area contributed by atoms with Crippen LogP contribution in [0.5, 0.6) is 0 Å². The second kappa shape index (κ2) is 8.66. The summed E-state index contributed by atoms with van der Waals surface area (Å²) < 4.78 is 9.64. The zero-order chi connectivity index (χ0) is 21.1. The van der Waals surface area contributed by atoms with E-state index in [9.17, 15) is 14.4 Å². The van der Waals surface area contributed by atoms with Crippen molar-refractivity contribution in [3.8, 4) is 0 Å².